The predicted octanol–water partition coefficient (Wildman–Crippen LogP) is 0.757. The van der Waals surface area contributed by atoms with Gasteiger partial charge in [0.05, 0.1) is 30.5 Å². The Morgan fingerprint density at radius 1 is 1.03 bits per heavy atom. The number of aliphatic imine (C=N–C) groups is 1. The van der Waals surface area contributed by atoms with Crippen molar-refractivity contribution in [3.05, 3.63) is 24.3 Å². The summed E-state index contributed by atoms with van der Waals surface area (Å²) in [7, 11) is 0. The molecule has 162 valence electrons. The van der Waals surface area contributed by atoms with E-state index in [0.717, 1.165) is 4.90 Å². The first kappa shape index (κ1) is 24.9. The maximum atomic E-state index is 11.8. The van der Waals surface area contributed by atoms with E-state index in [1.165, 1.54) is 31.2 Å². The fraction of sp³-hybridized carbons (Fsp3) is 0.389. The molecule has 0 aromatic heterocycles. The molecule has 0 radical (unpaired) electrons. The Morgan fingerprint density at radius 2 is 1.57 bits per heavy atom. The van der Waals surface area contributed by atoms with E-state index in [0.29, 0.717) is 11.4 Å². The highest BCUT2D eigenvalue weighted by atomic mass is 32.1. The summed E-state index contributed by atoms with van der Waals surface area (Å²) in [5, 5.41) is 39.3. The number of hydrogen-bond acceptors (Lipinski definition) is 7. The van der Waals surface area contributed by atoms with Crippen molar-refractivity contribution < 1.29 is 39.6 Å². The molecule has 1 rings (SSSR count). The van der Waals surface area contributed by atoms with Crippen LogP contribution in [-0.4, -0.2) is 93.1 Å². The highest BCUT2D eigenvalue weighted by Crippen LogP contribution is 2.29. The molecule has 0 aliphatic rings. The van der Waals surface area contributed by atoms with Gasteiger partial charge in [-0.05, 0) is 31.3 Å². The van der Waals surface area contributed by atoms with Gasteiger partial charge in [-0.25, -0.2) is 9.59 Å². The van der Waals surface area contributed by atoms with Gasteiger partial charge in [0.1, 0.15) is 5.69 Å². The van der Waals surface area contributed by atoms with Gasteiger partial charge in [0.2, 0.25) is 0 Å². The third kappa shape index (κ3) is 7.01. The highest BCUT2D eigenvalue weighted by Gasteiger charge is 2.43. The molecular weight excluding hydrogens is 418 g/mol. The van der Waals surface area contributed by atoms with E-state index in [1.54, 1.807) is 0 Å². The number of quaternary nitrogens is 1. The largest absolute Gasteiger partial charge is 0.480 e. The van der Waals surface area contributed by atoms with Gasteiger partial charge in [-0.1, -0.05) is 0 Å². The van der Waals surface area contributed by atoms with E-state index in [2.05, 4.69) is 22.4 Å². The van der Waals surface area contributed by atoms with Crippen molar-refractivity contribution in [2.45, 2.75) is 13.0 Å². The molecule has 11 nitrogen and oxygen atoms in total. The average molecular weight is 440 g/mol. The summed E-state index contributed by atoms with van der Waals surface area (Å²) < 4.78 is -0.567. The molecular formula is C18H22N3O8S+. The topological polar surface area (TPSA) is 165 Å². The maximum absolute atomic E-state index is 11.8. The van der Waals surface area contributed by atoms with Crippen LogP contribution in [0.15, 0.2) is 29.3 Å². The summed E-state index contributed by atoms with van der Waals surface area (Å²) in [4.78, 5) is 50.4. The smallest absolute Gasteiger partial charge is 0.362 e. The molecule has 0 aliphatic carbocycles. The fourth-order valence-electron chi connectivity index (χ4n) is 3.10. The number of isothiocyanates is 1. The van der Waals surface area contributed by atoms with Gasteiger partial charge >= 0.3 is 23.9 Å². The van der Waals surface area contributed by atoms with Crippen molar-refractivity contribution in [3.63, 3.8) is 0 Å². The van der Waals surface area contributed by atoms with Gasteiger partial charge in [0.25, 0.3) is 0 Å². The molecule has 0 saturated carbocycles. The zero-order valence-corrected chi connectivity index (χ0v) is 16.9. The first-order valence-corrected chi connectivity index (χ1v) is 9.08. The summed E-state index contributed by atoms with van der Waals surface area (Å²) in [5.41, 5.74) is 0.768. The van der Waals surface area contributed by atoms with Crippen LogP contribution in [0.2, 0.25) is 0 Å². The summed E-state index contributed by atoms with van der Waals surface area (Å²) in [6.45, 7) is -0.782. The van der Waals surface area contributed by atoms with Crippen molar-refractivity contribution in [1.29, 1.82) is 0 Å². The second kappa shape index (κ2) is 11.1. The Bertz CT molecular complexity index is 837. The van der Waals surface area contributed by atoms with Crippen LogP contribution >= 0.6 is 12.2 Å². The molecule has 2 atom stereocenters. The fourth-order valence-corrected chi connectivity index (χ4v) is 3.21. The number of carboxylic acids is 4. The van der Waals surface area contributed by atoms with Crippen LogP contribution < -0.4 is 4.48 Å². The molecule has 0 spiro atoms. The molecule has 0 heterocycles. The molecule has 0 aliphatic heterocycles. The van der Waals surface area contributed by atoms with Crippen molar-refractivity contribution >= 4 is 52.6 Å². The lowest BCUT2D eigenvalue weighted by molar-refractivity contribution is -0.147. The number of rotatable bonds is 13. The lowest BCUT2D eigenvalue weighted by Crippen LogP contribution is -2.63. The molecule has 30 heavy (non-hydrogen) atoms. The number of nitrogens with zero attached hydrogens (tertiary/aromatic N) is 3. The Morgan fingerprint density at radius 3 is 1.97 bits per heavy atom. The molecule has 12 heteroatoms. The Balaban J connectivity index is 3.43. The van der Waals surface area contributed by atoms with Crippen LogP contribution in [0.5, 0.6) is 0 Å². The molecule has 0 amide bonds. The second-order valence-corrected chi connectivity index (χ2v) is 6.72. The van der Waals surface area contributed by atoms with Crippen LogP contribution in [-0.2, 0) is 19.2 Å². The minimum atomic E-state index is -1.27. The maximum Gasteiger partial charge on any atom is 0.362 e. The molecule has 0 fully saturated rings. The molecule has 1 unspecified atom stereocenters. The van der Waals surface area contributed by atoms with Gasteiger partial charge in [-0.3, -0.25) is 19.0 Å². The standard InChI is InChI=1S/C18H21N3O8S/c1-12(18(28)29)21(10-17(26)27,14-4-2-13(3-5-14)19-11-30)7-6-20(8-15(22)23)9-16(24)25/h2-5,12H,6-10H2,1H3,(H3-,22,23,24,25,26,27,28,29)/p+1/t12-,21?/m0/s1. The predicted molar refractivity (Wildman–Crippen MR) is 109 cm³/mol. The van der Waals surface area contributed by atoms with Gasteiger partial charge in [-0.2, -0.15) is 4.99 Å². The third-order valence-corrected chi connectivity index (χ3v) is 4.68. The number of hydrogen-bond donors (Lipinski definition) is 4. The molecule has 0 saturated heterocycles. The molecule has 4 N–H and O–H groups in total. The lowest BCUT2D eigenvalue weighted by atomic mass is 10.1. The number of carboxylic acid groups (broad SMARTS) is 4. The van der Waals surface area contributed by atoms with Crippen molar-refractivity contribution in [2.75, 3.05) is 32.7 Å². The zero-order chi connectivity index (χ0) is 22.9. The Kier molecular flexibility index (Phi) is 9.21. The van der Waals surface area contributed by atoms with Crippen molar-refractivity contribution in [2.24, 2.45) is 4.99 Å². The summed E-state index contributed by atoms with van der Waals surface area (Å²) in [5.74, 6) is -5.06. The number of carbonyl (C=O) groups is 4. The second-order valence-electron chi connectivity index (χ2n) is 6.54. The number of benzene rings is 1. The van der Waals surface area contributed by atoms with Gasteiger partial charge in [0.15, 0.2) is 12.6 Å². The van der Waals surface area contributed by atoms with Gasteiger partial charge in [0, 0.05) is 18.7 Å². The van der Waals surface area contributed by atoms with Crippen molar-refractivity contribution in [1.82, 2.24) is 9.38 Å². The molecule has 1 aromatic carbocycles. The van der Waals surface area contributed by atoms with Crippen LogP contribution in [0.1, 0.15) is 6.92 Å². The Labute approximate surface area is 177 Å². The van der Waals surface area contributed by atoms with Crippen LogP contribution in [0, 0.1) is 0 Å². The average Bonchev–Trinajstić information content (AvgIpc) is 2.64. The van der Waals surface area contributed by atoms with Crippen LogP contribution in [0.4, 0.5) is 11.4 Å². The van der Waals surface area contributed by atoms with Gasteiger partial charge in [-0.15, -0.1) is 0 Å². The minimum absolute atomic E-state index is 0.157. The van der Waals surface area contributed by atoms with E-state index < -0.39 is 54.0 Å². The van der Waals surface area contributed by atoms with E-state index in [4.69, 9.17) is 10.2 Å². The van der Waals surface area contributed by atoms with Gasteiger partial charge < -0.3 is 20.4 Å². The normalized spacial score (nSPS) is 13.7. The van der Waals surface area contributed by atoms with Crippen LogP contribution in [0.3, 0.4) is 0 Å². The number of thiocarbonyl (C=S) groups is 1. The SMILES string of the molecule is C[C@@H](C(=O)O)[N+](CCN(CC(=O)O)CC(=O)O)(CC(=O)O)c1ccc(N=C=S)cc1. The number of aliphatic carboxylic acids is 4. The highest BCUT2D eigenvalue weighted by molar-refractivity contribution is 7.78. The van der Waals surface area contributed by atoms with E-state index >= 15 is 0 Å². The summed E-state index contributed by atoms with van der Waals surface area (Å²) in [6.07, 6.45) is 0. The van der Waals surface area contributed by atoms with Crippen LogP contribution in [0.25, 0.3) is 0 Å². The molecule has 0 bridgehead atoms. The minimum Gasteiger partial charge on any atom is -0.480 e. The zero-order valence-electron chi connectivity index (χ0n) is 16.1. The summed E-state index contributed by atoms with van der Waals surface area (Å²) in [6, 6.07) is 4.82. The van der Waals surface area contributed by atoms with E-state index in [9.17, 15) is 29.4 Å². The lowest BCUT2D eigenvalue weighted by Gasteiger charge is -2.41. The van der Waals surface area contributed by atoms with E-state index in [-0.39, 0.29) is 13.1 Å². The monoisotopic (exact) mass is 440 g/mol. The summed E-state index contributed by atoms with van der Waals surface area (Å²) >= 11 is 4.53. The Hall–Kier alpha value is -3.18. The van der Waals surface area contributed by atoms with Crippen molar-refractivity contribution in [3.8, 4) is 0 Å². The first-order valence-electron chi connectivity index (χ1n) is 8.67. The van der Waals surface area contributed by atoms with E-state index in [1.807, 2.05) is 0 Å². The third-order valence-electron chi connectivity index (χ3n) is 4.59. The first-order chi connectivity index (χ1) is 14.0. The molecule has 1 aromatic rings. The quantitative estimate of drug-likeness (QED) is 0.195.